The van der Waals surface area contributed by atoms with Crippen molar-refractivity contribution < 1.29 is 142 Å². The van der Waals surface area contributed by atoms with Gasteiger partial charge < -0.3 is 44.5 Å². The van der Waals surface area contributed by atoms with Crippen molar-refractivity contribution in [1.29, 1.82) is 0 Å². The number of hydrogen-bond acceptors (Lipinski definition) is 11. The quantitative estimate of drug-likeness (QED) is 0.106. The van der Waals surface area contributed by atoms with Gasteiger partial charge in [0.05, 0.1) is 43.0 Å². The second-order valence-electron chi connectivity index (χ2n) is 14.7. The number of aliphatic hydroxyl groups excluding tert-OH is 3. The number of benzene rings is 1. The Bertz CT molecular complexity index is 1370. The number of aliphatic hydroxyl groups is 5. The number of carbonyl (C=O) groups excluding carboxylic acids is 2. The van der Waals surface area contributed by atoms with Gasteiger partial charge >= 0.3 is 5.97 Å². The predicted octanol–water partition coefficient (Wildman–Crippen LogP) is 2.02. The first-order chi connectivity index (χ1) is 21.4. The molecule has 2 bridgehead atoms. The van der Waals surface area contributed by atoms with Crippen LogP contribution in [0, 0.1) is 110 Å². The zero-order chi connectivity index (χ0) is 34.0. The van der Waals surface area contributed by atoms with Crippen molar-refractivity contribution >= 4 is 11.8 Å². The maximum Gasteiger partial charge on any atom is 0.336 e. The number of rotatable bonds is 9. The van der Waals surface area contributed by atoms with Gasteiger partial charge in [0, 0.05) is 118 Å². The molecule has 0 aromatic heterocycles. The van der Waals surface area contributed by atoms with Crippen molar-refractivity contribution in [2.75, 3.05) is 26.6 Å². The number of carbonyl (C=O) groups is 2. The van der Waals surface area contributed by atoms with E-state index in [1.165, 1.54) is 0 Å². The molecule has 2 radical (unpaired) electrons. The van der Waals surface area contributed by atoms with Crippen LogP contribution in [0.1, 0.15) is 72.8 Å². The number of fused-ring (bicyclic) bond motifs is 5. The molecular formula is C35H50Ac2O11. The molecule has 1 aromatic rings. The maximum absolute atomic E-state index is 14.8. The summed E-state index contributed by atoms with van der Waals surface area (Å²) < 4.78 is 23.3. The number of hydrogen-bond donors (Lipinski definition) is 5. The first kappa shape index (κ1) is 43.1. The van der Waals surface area contributed by atoms with Gasteiger partial charge in [-0.05, 0) is 36.5 Å². The smallest absolute Gasteiger partial charge is 0.336 e. The van der Waals surface area contributed by atoms with Gasteiger partial charge in [-0.15, -0.1) is 0 Å². The third kappa shape index (κ3) is 6.26. The van der Waals surface area contributed by atoms with Crippen LogP contribution < -0.4 is 0 Å². The molecule has 5 rings (SSSR count). The Hall–Kier alpha value is 0.663. The van der Waals surface area contributed by atoms with Crippen LogP contribution >= 0.6 is 0 Å². The van der Waals surface area contributed by atoms with Crippen molar-refractivity contribution in [3.63, 3.8) is 0 Å². The van der Waals surface area contributed by atoms with Gasteiger partial charge in [0.1, 0.15) is 24.6 Å². The standard InChI is InChI=1S/C35H50O11.2Ac/c1-19(22-11-9-8-10-12-22)27(37)30(40)46-23-16-34(41)21(3)33(7)32(6,29(39)28(38)26(20(23)2)31(34,4)5)24(45-18-43-14-13-36)15-25-35(33,42)17-44-25;;/h8-12,19,21,23-25,27-28,36-38,41-42H,13-18H2,1-7H3;;/t19-,21-,23?,24?,25?,27?,28?,32-,33?,34?,35-;;/m0../s1. The summed E-state index contributed by atoms with van der Waals surface area (Å²) in [5, 5.41) is 57.5. The van der Waals surface area contributed by atoms with Crippen LogP contribution in [-0.4, -0.2) is 106 Å². The van der Waals surface area contributed by atoms with Crippen molar-refractivity contribution in [2.24, 2.45) is 22.2 Å². The Labute approximate surface area is 354 Å². The van der Waals surface area contributed by atoms with Gasteiger partial charge in [-0.2, -0.15) is 0 Å². The molecular weight excluding hydrogens is 1050 g/mol. The van der Waals surface area contributed by atoms with Crippen LogP contribution in [0.2, 0.25) is 0 Å². The number of esters is 1. The third-order valence-electron chi connectivity index (χ3n) is 12.8. The molecule has 3 fully saturated rings. The third-order valence-corrected chi connectivity index (χ3v) is 12.8. The molecule has 4 aliphatic rings. The number of ether oxygens (including phenoxy) is 4. The van der Waals surface area contributed by atoms with E-state index in [4.69, 9.17) is 24.1 Å². The minimum absolute atomic E-state index is 0. The van der Waals surface area contributed by atoms with Gasteiger partial charge in [-0.1, -0.05) is 65.0 Å². The van der Waals surface area contributed by atoms with Gasteiger partial charge in [0.2, 0.25) is 0 Å². The SMILES string of the molecule is CC1=C2C(O)C(=O)[C@]3(C)C(OCOCCO)CC4OC[C@@]4(O)C3(C)[C@H](C)C(O)(CC1OC(=O)C(O)[C@@H](C)c1ccccc1)C2(C)C.[Ac].[Ac]. The van der Waals surface area contributed by atoms with Crippen molar-refractivity contribution in [2.45, 2.75) is 109 Å². The fraction of sp³-hybridized carbons (Fsp3) is 0.714. The summed E-state index contributed by atoms with van der Waals surface area (Å²) in [5.41, 5.74) is -6.04. The number of Topliss-reactive ketones (excluding diaryl/α,β-unsaturated/α-hetero) is 1. The molecule has 0 spiro atoms. The van der Waals surface area contributed by atoms with Crippen LogP contribution in [0.5, 0.6) is 0 Å². The van der Waals surface area contributed by atoms with E-state index in [1.54, 1.807) is 48.5 Å². The minimum Gasteiger partial charge on any atom is -0.456 e. The predicted molar refractivity (Wildman–Crippen MR) is 165 cm³/mol. The van der Waals surface area contributed by atoms with E-state index in [1.807, 2.05) is 30.3 Å². The first-order valence-corrected chi connectivity index (χ1v) is 16.2. The average Bonchev–Trinajstić information content (AvgIpc) is 3.02. The Morgan fingerprint density at radius 3 is 2.27 bits per heavy atom. The molecule has 1 heterocycles. The van der Waals surface area contributed by atoms with Gasteiger partial charge in [0.15, 0.2) is 11.9 Å². The monoisotopic (exact) mass is 1100 g/mol. The van der Waals surface area contributed by atoms with E-state index in [-0.39, 0.29) is 133 Å². The Kier molecular flexibility index (Phi) is 14.0. The van der Waals surface area contributed by atoms with Crippen LogP contribution in [0.4, 0.5) is 0 Å². The van der Waals surface area contributed by atoms with Gasteiger partial charge in [0.25, 0.3) is 0 Å². The summed E-state index contributed by atoms with van der Waals surface area (Å²) in [7, 11) is 0. The van der Waals surface area contributed by atoms with Gasteiger partial charge in [-0.25, -0.2) is 4.79 Å². The van der Waals surface area contributed by atoms with Crippen molar-refractivity contribution in [1.82, 2.24) is 0 Å². The van der Waals surface area contributed by atoms with E-state index in [9.17, 15) is 30.0 Å². The Morgan fingerprint density at radius 1 is 1.08 bits per heavy atom. The molecule has 1 aromatic carbocycles. The van der Waals surface area contributed by atoms with Crippen molar-refractivity contribution in [3.8, 4) is 0 Å². The molecule has 13 heteroatoms. The second-order valence-corrected chi connectivity index (χ2v) is 14.7. The van der Waals surface area contributed by atoms with Crippen LogP contribution in [-0.2, 0) is 28.5 Å². The fourth-order valence-corrected chi connectivity index (χ4v) is 9.29. The van der Waals surface area contributed by atoms with E-state index in [2.05, 4.69) is 0 Å². The average molecular weight is 1100 g/mol. The minimum atomic E-state index is -1.74. The van der Waals surface area contributed by atoms with E-state index >= 15 is 0 Å². The summed E-state index contributed by atoms with van der Waals surface area (Å²) in [4.78, 5) is 28.2. The summed E-state index contributed by atoms with van der Waals surface area (Å²) in [6.07, 6.45) is -5.85. The summed E-state index contributed by atoms with van der Waals surface area (Å²) >= 11 is 0. The molecule has 0 amide bonds. The molecule has 2 saturated carbocycles. The molecule has 1 saturated heterocycles. The largest absolute Gasteiger partial charge is 0.456 e. The Morgan fingerprint density at radius 2 is 1.71 bits per heavy atom. The summed E-state index contributed by atoms with van der Waals surface area (Å²) in [6.45, 7) is 11.6. The number of ketones is 1. The molecule has 7 unspecified atom stereocenters. The van der Waals surface area contributed by atoms with E-state index < -0.39 is 81.6 Å². The fourth-order valence-electron chi connectivity index (χ4n) is 9.29. The van der Waals surface area contributed by atoms with Crippen LogP contribution in [0.3, 0.4) is 0 Å². The normalized spacial score (nSPS) is 39.6. The molecule has 262 valence electrons. The molecule has 5 N–H and O–H groups in total. The summed E-state index contributed by atoms with van der Waals surface area (Å²) in [6, 6.07) is 9.08. The second kappa shape index (κ2) is 15.6. The molecule has 11 atom stereocenters. The zero-order valence-corrected chi connectivity index (χ0v) is 38.5. The molecule has 3 aliphatic carbocycles. The molecule has 11 nitrogen and oxygen atoms in total. The van der Waals surface area contributed by atoms with Crippen molar-refractivity contribution in [3.05, 3.63) is 47.0 Å². The Balaban J connectivity index is 0.00000312. The summed E-state index contributed by atoms with van der Waals surface area (Å²) in [5.74, 6) is -2.90. The molecule has 1 aliphatic heterocycles. The topological polar surface area (TPSA) is 172 Å². The van der Waals surface area contributed by atoms with Crippen LogP contribution in [0.15, 0.2) is 41.5 Å². The van der Waals surface area contributed by atoms with E-state index in [0.717, 1.165) is 5.56 Å². The maximum atomic E-state index is 14.8. The molecule has 48 heavy (non-hydrogen) atoms. The van der Waals surface area contributed by atoms with E-state index in [0.29, 0.717) is 5.57 Å². The van der Waals surface area contributed by atoms with Crippen LogP contribution in [0.25, 0.3) is 0 Å². The first-order valence-electron chi connectivity index (χ1n) is 16.2. The van der Waals surface area contributed by atoms with Gasteiger partial charge in [-0.3, -0.25) is 4.79 Å². The zero-order valence-electron chi connectivity index (χ0n) is 29.0.